The van der Waals surface area contributed by atoms with Crippen LogP contribution in [0.25, 0.3) is 0 Å². The van der Waals surface area contributed by atoms with E-state index in [2.05, 4.69) is 0 Å². The SMILES string of the molecule is [CaH2].[CaH2].[CaH2].[O-]P([O-])[O-].[O-]P([O-])[O-].[Zn+2].[Zn+2].[Zn+2]. The molecule has 14 heavy (non-hydrogen) atoms. The van der Waals surface area contributed by atoms with Crippen molar-refractivity contribution in [2.75, 3.05) is 0 Å². The molecule has 0 amide bonds. The van der Waals surface area contributed by atoms with Gasteiger partial charge in [-0.3, -0.25) is 0 Å². The molecule has 14 heteroatoms. The van der Waals surface area contributed by atoms with Gasteiger partial charge in [-0.15, -0.1) is 0 Å². The first-order valence-electron chi connectivity index (χ1n) is 1.10. The van der Waals surface area contributed by atoms with Gasteiger partial charge in [0.15, 0.2) is 0 Å². The molecule has 0 saturated carbocycles. The topological polar surface area (TPSA) is 138 Å². The van der Waals surface area contributed by atoms with Crippen LogP contribution in [0.3, 0.4) is 0 Å². The quantitative estimate of drug-likeness (QED) is 0.249. The van der Waals surface area contributed by atoms with Crippen LogP contribution in [-0.4, -0.2) is 113 Å². The molecule has 0 atom stereocenters. The molecule has 0 aliphatic heterocycles. The third kappa shape index (κ3) is 139. The van der Waals surface area contributed by atoms with E-state index in [9.17, 15) is 0 Å². The van der Waals surface area contributed by atoms with E-state index < -0.39 is 17.2 Å². The number of hydrogen-bond donors (Lipinski definition) is 0. The standard InChI is InChI=1S/3Ca.2O3P.3Zn.6H/c;;;2*1-4(2)3;;;;;;;;;/q;;;2*-3;3*+2;;;;;;. The first kappa shape index (κ1) is 50.0. The van der Waals surface area contributed by atoms with Crippen molar-refractivity contribution in [3.05, 3.63) is 0 Å². The molecule has 0 spiro atoms. The zero-order valence-corrected chi connectivity index (χ0v) is 16.2. The van der Waals surface area contributed by atoms with Crippen LogP contribution >= 0.6 is 17.2 Å². The maximum absolute atomic E-state index is 8.48. The largest absolute Gasteiger partial charge is 2.00 e. The molecule has 0 unspecified atom stereocenters. The van der Waals surface area contributed by atoms with Gasteiger partial charge in [-0.1, -0.05) is 0 Å². The molecule has 0 saturated heterocycles. The molecule has 0 rings (SSSR count). The fourth-order valence-corrected chi connectivity index (χ4v) is 0. The molecule has 0 bridgehead atoms. The average molecular weight is 480 g/mol. The van der Waals surface area contributed by atoms with Gasteiger partial charge in [0.1, 0.15) is 0 Å². The van der Waals surface area contributed by atoms with E-state index in [1.807, 2.05) is 0 Å². The third-order valence-corrected chi connectivity index (χ3v) is 0. The first-order chi connectivity index (χ1) is 3.46. The molecule has 0 heterocycles. The Balaban J connectivity index is -0.00000000600. The van der Waals surface area contributed by atoms with Crippen LogP contribution in [0, 0.1) is 0 Å². The number of rotatable bonds is 0. The van der Waals surface area contributed by atoms with Crippen LogP contribution in [0.15, 0.2) is 0 Å². The van der Waals surface area contributed by atoms with Gasteiger partial charge in [0.05, 0.1) is 0 Å². The van der Waals surface area contributed by atoms with Crippen LogP contribution in [0.2, 0.25) is 0 Å². The fraction of sp³-hybridized carbons (Fsp3) is 0. The molecular weight excluding hydrogens is 474 g/mol. The van der Waals surface area contributed by atoms with E-state index in [4.69, 9.17) is 29.4 Å². The summed E-state index contributed by atoms with van der Waals surface area (Å²) in [4.78, 5) is 50.9. The van der Waals surface area contributed by atoms with Crippen molar-refractivity contribution < 1.29 is 87.8 Å². The molecular formula is H6Ca3O6P2Zn3. The van der Waals surface area contributed by atoms with E-state index in [1.54, 1.807) is 0 Å². The van der Waals surface area contributed by atoms with E-state index in [1.165, 1.54) is 0 Å². The summed E-state index contributed by atoms with van der Waals surface area (Å²) in [5, 5.41) is 0. The summed E-state index contributed by atoms with van der Waals surface area (Å²) in [6.07, 6.45) is 0. The second-order valence-electron chi connectivity index (χ2n) is 0.447. The minimum atomic E-state index is -3.37. The maximum atomic E-state index is 8.48. The zero-order valence-electron chi connectivity index (χ0n) is 5.47. The third-order valence-electron chi connectivity index (χ3n) is 0. The molecule has 6 nitrogen and oxygen atoms in total. The molecule has 0 aliphatic carbocycles. The summed E-state index contributed by atoms with van der Waals surface area (Å²) in [5.74, 6) is 0. The Labute approximate surface area is 213 Å². The van der Waals surface area contributed by atoms with Gasteiger partial charge in [0, 0.05) is 0 Å². The molecule has 0 aromatic heterocycles. The van der Waals surface area contributed by atoms with Crippen LogP contribution in [0.1, 0.15) is 0 Å². The molecule has 0 N–H and O–H groups in total. The summed E-state index contributed by atoms with van der Waals surface area (Å²) in [6, 6.07) is 0. The van der Waals surface area contributed by atoms with Crippen LogP contribution < -0.4 is 29.4 Å². The Morgan fingerprint density at radius 3 is 0.429 bits per heavy atom. The minimum Gasteiger partial charge on any atom is -0.854 e. The Hall–Kier alpha value is 6.27. The number of hydrogen-bond acceptors (Lipinski definition) is 6. The van der Waals surface area contributed by atoms with Crippen molar-refractivity contribution in [2.24, 2.45) is 0 Å². The van der Waals surface area contributed by atoms with Gasteiger partial charge in [-0.2, -0.15) is 0 Å². The van der Waals surface area contributed by atoms with Gasteiger partial charge < -0.3 is 46.6 Å². The van der Waals surface area contributed by atoms with E-state index in [0.29, 0.717) is 0 Å². The Bertz CT molecular complexity index is 41.8. The summed E-state index contributed by atoms with van der Waals surface area (Å²) >= 11 is 0. The Morgan fingerprint density at radius 1 is 0.429 bits per heavy atom. The van der Waals surface area contributed by atoms with E-state index >= 15 is 0 Å². The monoisotopic (exact) mass is 476 g/mol. The molecule has 0 aromatic rings. The van der Waals surface area contributed by atoms with Crippen molar-refractivity contribution >= 4 is 130 Å². The summed E-state index contributed by atoms with van der Waals surface area (Å²) < 4.78 is 0. The van der Waals surface area contributed by atoms with Crippen molar-refractivity contribution in [1.82, 2.24) is 0 Å². The maximum Gasteiger partial charge on any atom is 2.00 e. The summed E-state index contributed by atoms with van der Waals surface area (Å²) in [7, 11) is -6.74. The second kappa shape index (κ2) is 42.7. The minimum absolute atomic E-state index is 0. The Kier molecular flexibility index (Phi) is 153. The van der Waals surface area contributed by atoms with Crippen LogP contribution in [0.4, 0.5) is 0 Å². The van der Waals surface area contributed by atoms with Crippen molar-refractivity contribution in [3.63, 3.8) is 0 Å². The Morgan fingerprint density at radius 2 is 0.429 bits per heavy atom. The molecule has 0 aliphatic rings. The van der Waals surface area contributed by atoms with Crippen molar-refractivity contribution in [2.45, 2.75) is 0 Å². The zero-order chi connectivity index (χ0) is 7.15. The fourth-order valence-electron chi connectivity index (χ4n) is 0. The van der Waals surface area contributed by atoms with Gasteiger partial charge >= 0.3 is 172 Å². The van der Waals surface area contributed by atoms with Crippen LogP contribution in [-0.2, 0) is 58.4 Å². The summed E-state index contributed by atoms with van der Waals surface area (Å²) in [6.45, 7) is 0. The van der Waals surface area contributed by atoms with Gasteiger partial charge in [-0.05, 0) is 0 Å². The summed E-state index contributed by atoms with van der Waals surface area (Å²) in [5.41, 5.74) is 0. The molecule has 0 fully saturated rings. The smallest absolute Gasteiger partial charge is 0.854 e. The molecule has 64 valence electrons. The van der Waals surface area contributed by atoms with Gasteiger partial charge in [-0.25, -0.2) is 0 Å². The average Bonchev–Trinajstić information content (AvgIpc) is 1.25. The molecule has 0 radical (unpaired) electrons. The van der Waals surface area contributed by atoms with Gasteiger partial charge in [0.25, 0.3) is 0 Å². The normalized spacial score (nSPS) is 5.14. The predicted octanol–water partition coefficient (Wildman–Crippen LogP) is -8.17. The second-order valence-corrected chi connectivity index (χ2v) is 1.34. The van der Waals surface area contributed by atoms with E-state index in [0.717, 1.165) is 0 Å². The first-order valence-corrected chi connectivity index (χ1v) is 3.29. The predicted molar refractivity (Wildman–Crippen MR) is 39.5 cm³/mol. The van der Waals surface area contributed by atoms with Crippen molar-refractivity contribution in [1.29, 1.82) is 0 Å². The van der Waals surface area contributed by atoms with Crippen molar-refractivity contribution in [3.8, 4) is 0 Å². The van der Waals surface area contributed by atoms with Gasteiger partial charge in [0.2, 0.25) is 0 Å². The molecule has 0 aromatic carbocycles. The van der Waals surface area contributed by atoms with Crippen LogP contribution in [0.5, 0.6) is 0 Å². The van der Waals surface area contributed by atoms with E-state index in [-0.39, 0.29) is 172 Å².